The van der Waals surface area contributed by atoms with Crippen LogP contribution < -0.4 is 5.48 Å². The molecule has 0 bridgehead atoms. The quantitative estimate of drug-likeness (QED) is 0.130. The number of hydroxylamine groups is 1. The number of rotatable bonds is 8. The lowest BCUT2D eigenvalue weighted by molar-refractivity contribution is -0.321. The van der Waals surface area contributed by atoms with Gasteiger partial charge in [-0.05, 0) is 0 Å². The standard InChI is InChI=1S/C19H34N2O15/c1-32-18-14(31)11(28)16(7(4-24)34-18)36-21-17-12(29)10(27)15(5(2-22)20-17)35-19-13(30)9(26)8(25)6(3-23)33-19/h5-16,18-19,22-31H,2-4H2,1H3,(H,20,21)/t5-,6-,7-,8-,9+,10-,11-,12-,13-,14-,15-,16-,18-,19+/m1/s1. The number of hydrogen-bond acceptors (Lipinski definition) is 17. The van der Waals surface area contributed by atoms with E-state index in [2.05, 4.69) is 10.5 Å². The molecule has 3 heterocycles. The zero-order chi connectivity index (χ0) is 26.7. The number of methoxy groups -OCH3 is 1. The molecule has 0 spiro atoms. The van der Waals surface area contributed by atoms with Crippen molar-refractivity contribution in [2.45, 2.75) is 85.8 Å². The topological polar surface area (TPSA) is 273 Å². The number of amidine groups is 1. The Morgan fingerprint density at radius 3 is 1.92 bits per heavy atom. The molecule has 36 heavy (non-hydrogen) atoms. The van der Waals surface area contributed by atoms with E-state index >= 15 is 0 Å². The molecule has 3 aliphatic rings. The van der Waals surface area contributed by atoms with E-state index in [4.69, 9.17) is 23.8 Å². The summed E-state index contributed by atoms with van der Waals surface area (Å²) in [5.74, 6) is -0.414. The molecule has 17 heteroatoms. The highest BCUT2D eigenvalue weighted by Crippen LogP contribution is 2.28. The molecule has 14 atom stereocenters. The van der Waals surface area contributed by atoms with Gasteiger partial charge in [0.05, 0.1) is 19.8 Å². The molecule has 0 saturated carbocycles. The molecule has 2 saturated heterocycles. The fourth-order valence-electron chi connectivity index (χ4n) is 4.16. The molecule has 0 aliphatic carbocycles. The van der Waals surface area contributed by atoms with Gasteiger partial charge in [-0.15, -0.1) is 0 Å². The summed E-state index contributed by atoms with van der Waals surface area (Å²) in [5, 5.41) is 100. The van der Waals surface area contributed by atoms with Crippen LogP contribution in [0, 0.1) is 0 Å². The molecular formula is C19H34N2O15. The minimum absolute atomic E-state index is 0.414. The molecule has 3 rings (SSSR count). The van der Waals surface area contributed by atoms with E-state index in [0.717, 1.165) is 0 Å². The largest absolute Gasteiger partial charge is 0.394 e. The Hall–Kier alpha value is -1.13. The third-order valence-electron chi connectivity index (χ3n) is 6.30. The van der Waals surface area contributed by atoms with Crippen LogP contribution in [0.25, 0.3) is 0 Å². The second-order valence-electron chi connectivity index (χ2n) is 8.62. The normalized spacial score (nSPS) is 47.9. The van der Waals surface area contributed by atoms with Gasteiger partial charge < -0.3 is 70.0 Å². The zero-order valence-electron chi connectivity index (χ0n) is 19.2. The molecule has 0 aromatic rings. The number of aliphatic hydroxyl groups excluding tert-OH is 10. The van der Waals surface area contributed by atoms with Crippen molar-refractivity contribution in [3.05, 3.63) is 0 Å². The van der Waals surface area contributed by atoms with Crippen LogP contribution in [0.4, 0.5) is 0 Å². The number of aliphatic hydroxyl groups is 10. The van der Waals surface area contributed by atoms with Gasteiger partial charge in [-0.3, -0.25) is 15.3 Å². The van der Waals surface area contributed by atoms with Gasteiger partial charge in [-0.2, -0.15) is 0 Å². The predicted molar refractivity (Wildman–Crippen MR) is 112 cm³/mol. The van der Waals surface area contributed by atoms with Crippen LogP contribution in [-0.4, -0.2) is 170 Å². The number of hydrogen-bond donors (Lipinski definition) is 11. The monoisotopic (exact) mass is 530 g/mol. The fraction of sp³-hybridized carbons (Fsp3) is 0.947. The fourth-order valence-corrected chi connectivity index (χ4v) is 4.16. The molecule has 17 nitrogen and oxygen atoms in total. The van der Waals surface area contributed by atoms with E-state index in [0.29, 0.717) is 0 Å². The van der Waals surface area contributed by atoms with Crippen molar-refractivity contribution in [1.29, 1.82) is 0 Å². The zero-order valence-corrected chi connectivity index (χ0v) is 19.2. The highest BCUT2D eigenvalue weighted by atomic mass is 16.7. The van der Waals surface area contributed by atoms with Gasteiger partial charge in [0.2, 0.25) is 0 Å². The summed E-state index contributed by atoms with van der Waals surface area (Å²) in [6.45, 7) is -2.10. The van der Waals surface area contributed by atoms with E-state index in [-0.39, 0.29) is 0 Å². The van der Waals surface area contributed by atoms with Gasteiger partial charge in [-0.25, -0.2) is 0 Å². The third-order valence-corrected chi connectivity index (χ3v) is 6.30. The smallest absolute Gasteiger partial charge is 0.187 e. The molecule has 11 N–H and O–H groups in total. The van der Waals surface area contributed by atoms with Crippen molar-refractivity contribution in [3.63, 3.8) is 0 Å². The maximum Gasteiger partial charge on any atom is 0.187 e. The first-order valence-corrected chi connectivity index (χ1v) is 11.2. The molecule has 0 radical (unpaired) electrons. The van der Waals surface area contributed by atoms with E-state index in [1.165, 1.54) is 7.11 Å². The van der Waals surface area contributed by atoms with Crippen LogP contribution in [0.3, 0.4) is 0 Å². The highest BCUT2D eigenvalue weighted by Gasteiger charge is 2.50. The molecule has 2 fully saturated rings. The average Bonchev–Trinajstić information content (AvgIpc) is 2.88. The van der Waals surface area contributed by atoms with Crippen molar-refractivity contribution in [3.8, 4) is 0 Å². The van der Waals surface area contributed by atoms with Gasteiger partial charge in [0.1, 0.15) is 73.2 Å². The van der Waals surface area contributed by atoms with Crippen molar-refractivity contribution < 1.29 is 74.9 Å². The summed E-state index contributed by atoms with van der Waals surface area (Å²) in [4.78, 5) is 9.30. The van der Waals surface area contributed by atoms with E-state index in [1.54, 1.807) is 0 Å². The molecule has 0 aromatic carbocycles. The van der Waals surface area contributed by atoms with Crippen molar-refractivity contribution in [2.75, 3.05) is 26.9 Å². The number of nitrogens with one attached hydrogen (secondary N) is 1. The van der Waals surface area contributed by atoms with Gasteiger partial charge in [-0.1, -0.05) is 0 Å². The lowest BCUT2D eigenvalue weighted by Crippen LogP contribution is -2.64. The SMILES string of the molecule is CO[C@@H]1O[C@H](CO)[C@@H](ONC2=N[C@H](CO)[C@@H](O[C@@H]3O[C@H](CO)[C@@H](O)[C@H](O)[C@H]3O)[C@H](O)[C@H]2O)[C@H](O)[C@H]1O. The first-order valence-electron chi connectivity index (χ1n) is 11.2. The van der Waals surface area contributed by atoms with Crippen molar-refractivity contribution in [2.24, 2.45) is 4.99 Å². The number of aliphatic imine (C=N–C) groups is 1. The minimum Gasteiger partial charge on any atom is -0.394 e. The maximum atomic E-state index is 10.6. The van der Waals surface area contributed by atoms with Crippen LogP contribution in [0.15, 0.2) is 4.99 Å². The third kappa shape index (κ3) is 5.80. The molecular weight excluding hydrogens is 496 g/mol. The molecule has 210 valence electrons. The van der Waals surface area contributed by atoms with Crippen LogP contribution >= 0.6 is 0 Å². The van der Waals surface area contributed by atoms with E-state index in [9.17, 15) is 51.1 Å². The Balaban J connectivity index is 1.71. The summed E-state index contributed by atoms with van der Waals surface area (Å²) in [5.41, 5.74) is 2.23. The molecule has 0 unspecified atom stereocenters. The van der Waals surface area contributed by atoms with Crippen LogP contribution in [0.5, 0.6) is 0 Å². The number of ether oxygens (including phenoxy) is 4. The second kappa shape index (κ2) is 12.6. The van der Waals surface area contributed by atoms with Crippen LogP contribution in [0.1, 0.15) is 0 Å². The van der Waals surface area contributed by atoms with Gasteiger partial charge in [0, 0.05) is 7.11 Å². The highest BCUT2D eigenvalue weighted by molar-refractivity contribution is 5.87. The van der Waals surface area contributed by atoms with Gasteiger partial charge in [0.15, 0.2) is 18.4 Å². The number of nitrogens with zero attached hydrogens (tertiary/aromatic N) is 1. The Labute approximate surface area is 204 Å². The van der Waals surface area contributed by atoms with E-state index < -0.39 is 111 Å². The predicted octanol–water partition coefficient (Wildman–Crippen LogP) is -7.36. The first-order chi connectivity index (χ1) is 17.1. The van der Waals surface area contributed by atoms with Crippen LogP contribution in [0.2, 0.25) is 0 Å². The second-order valence-corrected chi connectivity index (χ2v) is 8.62. The summed E-state index contributed by atoms with van der Waals surface area (Å²) in [6.07, 6.45) is -20.2. The van der Waals surface area contributed by atoms with E-state index in [1.807, 2.05) is 0 Å². The Kier molecular flexibility index (Phi) is 10.3. The average molecular weight is 530 g/mol. The summed E-state index contributed by atoms with van der Waals surface area (Å²) in [6, 6.07) is -1.27. The minimum atomic E-state index is -1.83. The van der Waals surface area contributed by atoms with Crippen molar-refractivity contribution in [1.82, 2.24) is 5.48 Å². The van der Waals surface area contributed by atoms with Crippen LogP contribution in [-0.2, 0) is 23.8 Å². The van der Waals surface area contributed by atoms with Crippen molar-refractivity contribution >= 4 is 5.84 Å². The maximum absolute atomic E-state index is 10.6. The molecule has 0 amide bonds. The van der Waals surface area contributed by atoms with Gasteiger partial charge >= 0.3 is 0 Å². The molecule has 0 aromatic heterocycles. The Bertz CT molecular complexity index is 729. The molecule has 3 aliphatic heterocycles. The summed E-state index contributed by atoms with van der Waals surface area (Å²) >= 11 is 0. The Morgan fingerprint density at radius 1 is 0.722 bits per heavy atom. The lowest BCUT2D eigenvalue weighted by Gasteiger charge is -2.44. The summed E-state index contributed by atoms with van der Waals surface area (Å²) < 4.78 is 20.9. The first kappa shape index (κ1) is 29.4. The lowest BCUT2D eigenvalue weighted by atomic mass is 9.96. The summed E-state index contributed by atoms with van der Waals surface area (Å²) in [7, 11) is 1.22. The van der Waals surface area contributed by atoms with Gasteiger partial charge in [0.25, 0.3) is 0 Å². The Morgan fingerprint density at radius 2 is 1.33 bits per heavy atom.